The van der Waals surface area contributed by atoms with Crippen LogP contribution >= 0.6 is 0 Å². The Morgan fingerprint density at radius 1 is 1.00 bits per heavy atom. The van der Waals surface area contributed by atoms with Gasteiger partial charge >= 0.3 is 10.8 Å². The molecule has 1 atom stereocenters. The minimum absolute atomic E-state index is 0.0487. The fourth-order valence-corrected chi connectivity index (χ4v) is 3.92. The molecule has 1 unspecified atom stereocenters. The van der Waals surface area contributed by atoms with Gasteiger partial charge in [-0.1, -0.05) is 48.6 Å². The van der Waals surface area contributed by atoms with Gasteiger partial charge in [0.2, 0.25) is 0 Å². The predicted octanol–water partition coefficient (Wildman–Crippen LogP) is 2.22. The van der Waals surface area contributed by atoms with Crippen LogP contribution in [0.2, 0.25) is 0 Å². The molecule has 26 heavy (non-hydrogen) atoms. The van der Waals surface area contributed by atoms with Crippen LogP contribution in [0.5, 0.6) is 0 Å². The van der Waals surface area contributed by atoms with Gasteiger partial charge in [0.25, 0.3) is 15.6 Å². The van der Waals surface area contributed by atoms with Crippen LogP contribution in [-0.4, -0.2) is 34.5 Å². The van der Waals surface area contributed by atoms with Crippen LogP contribution < -0.4 is 0 Å². The normalized spacial score (nSPS) is 16.2. The average molecular weight is 364 g/mol. The Morgan fingerprint density at radius 2 is 1.73 bits per heavy atom. The fourth-order valence-electron chi connectivity index (χ4n) is 2.66. The Kier molecular flexibility index (Phi) is 4.56. The van der Waals surface area contributed by atoms with E-state index in [1.807, 2.05) is 12.1 Å². The van der Waals surface area contributed by atoms with Gasteiger partial charge in [-0.2, -0.15) is 4.79 Å². The zero-order chi connectivity index (χ0) is 18.7. The summed E-state index contributed by atoms with van der Waals surface area (Å²) in [6.45, 7) is 0. The molecule has 0 aromatic heterocycles. The summed E-state index contributed by atoms with van der Waals surface area (Å²) < 4.78 is 25.7. The largest absolute Gasteiger partial charge is 0.453 e. The van der Waals surface area contributed by atoms with Gasteiger partial charge in [0, 0.05) is 6.08 Å². The molecule has 0 aliphatic heterocycles. The van der Waals surface area contributed by atoms with Gasteiger partial charge in [0.1, 0.15) is 0 Å². The lowest BCUT2D eigenvalue weighted by molar-refractivity contribution is -0.118. The van der Waals surface area contributed by atoms with Gasteiger partial charge in [-0.3, -0.25) is 4.79 Å². The number of sulfone groups is 1. The molecule has 8 heteroatoms. The molecule has 0 radical (unpaired) electrons. The second kappa shape index (κ2) is 6.82. The van der Waals surface area contributed by atoms with Gasteiger partial charge in [0.15, 0.2) is 5.92 Å². The molecule has 0 bridgehead atoms. The first kappa shape index (κ1) is 17.4. The lowest BCUT2D eigenvalue weighted by Crippen LogP contribution is -2.35. The molecule has 128 valence electrons. The highest BCUT2D eigenvalue weighted by Crippen LogP contribution is 2.22. The Morgan fingerprint density at radius 3 is 2.42 bits per heavy atom. The SMILES string of the molecule is [N-]=[N+]=C1C=CC=CC1C(=O)C(=[N+]=[N-])S(=O)(=O)c1ccc2ccccc2c1. The third-order valence-electron chi connectivity index (χ3n) is 3.99. The van der Waals surface area contributed by atoms with Gasteiger partial charge in [0.05, 0.1) is 4.90 Å². The Bertz CT molecular complexity index is 1180. The van der Waals surface area contributed by atoms with Crippen molar-refractivity contribution in [2.24, 2.45) is 5.92 Å². The molecule has 2 aromatic rings. The first-order valence-corrected chi connectivity index (χ1v) is 9.04. The van der Waals surface area contributed by atoms with E-state index in [0.29, 0.717) is 5.39 Å². The van der Waals surface area contributed by atoms with E-state index in [1.165, 1.54) is 36.4 Å². The maximum Gasteiger partial charge on any atom is 0.453 e. The van der Waals surface area contributed by atoms with E-state index < -0.39 is 26.6 Å². The van der Waals surface area contributed by atoms with Crippen LogP contribution in [0.3, 0.4) is 0 Å². The number of ketones is 1. The first-order chi connectivity index (χ1) is 12.5. The maximum absolute atomic E-state index is 12.8. The van der Waals surface area contributed by atoms with Gasteiger partial charge < -0.3 is 11.1 Å². The number of allylic oxidation sites excluding steroid dienone is 4. The summed E-state index contributed by atoms with van der Waals surface area (Å²) >= 11 is 0. The summed E-state index contributed by atoms with van der Waals surface area (Å²) in [6, 6.07) is 11.5. The highest BCUT2D eigenvalue weighted by molar-refractivity contribution is 8.08. The Balaban J connectivity index is 2.07. The predicted molar refractivity (Wildman–Crippen MR) is 95.2 cm³/mol. The van der Waals surface area contributed by atoms with Crippen LogP contribution in [0.1, 0.15) is 0 Å². The van der Waals surface area contributed by atoms with Gasteiger partial charge in [-0.05, 0) is 22.9 Å². The molecular formula is C18H12N4O3S. The van der Waals surface area contributed by atoms with E-state index in [0.717, 1.165) is 5.39 Å². The fraction of sp³-hybridized carbons (Fsp3) is 0.0556. The minimum Gasteiger partial charge on any atom is -0.361 e. The van der Waals surface area contributed by atoms with E-state index in [2.05, 4.69) is 9.58 Å². The van der Waals surface area contributed by atoms with Crippen LogP contribution in [0.4, 0.5) is 0 Å². The van der Waals surface area contributed by atoms with Crippen LogP contribution in [0.15, 0.2) is 71.7 Å². The molecular weight excluding hydrogens is 352 g/mol. The molecule has 0 heterocycles. The molecule has 1 aliphatic rings. The number of Topliss-reactive ketones (excluding diaryl/α,β-unsaturated/α-hetero) is 1. The first-order valence-electron chi connectivity index (χ1n) is 7.56. The molecule has 3 rings (SSSR count). The zero-order valence-electron chi connectivity index (χ0n) is 13.4. The van der Waals surface area contributed by atoms with E-state index in [-0.39, 0.29) is 10.6 Å². The van der Waals surface area contributed by atoms with E-state index >= 15 is 0 Å². The quantitative estimate of drug-likeness (QED) is 0.359. The molecule has 0 N–H and O–H groups in total. The summed E-state index contributed by atoms with van der Waals surface area (Å²) in [5, 5.41) is 0.477. The van der Waals surface area contributed by atoms with E-state index in [4.69, 9.17) is 5.53 Å². The third-order valence-corrected chi connectivity index (χ3v) is 5.65. The lowest BCUT2D eigenvalue weighted by atomic mass is 9.94. The molecule has 0 spiro atoms. The molecule has 2 aromatic carbocycles. The van der Waals surface area contributed by atoms with Crippen molar-refractivity contribution in [2.45, 2.75) is 4.90 Å². The van der Waals surface area contributed by atoms with Crippen LogP contribution in [-0.2, 0) is 14.6 Å². The topological polar surface area (TPSA) is 124 Å². The van der Waals surface area contributed by atoms with Crippen molar-refractivity contribution in [3.8, 4) is 0 Å². The Labute approximate surface area is 149 Å². The smallest absolute Gasteiger partial charge is 0.361 e. The zero-order valence-corrected chi connectivity index (χ0v) is 14.2. The molecule has 0 saturated heterocycles. The Hall–Kier alpha value is -3.44. The number of benzene rings is 2. The van der Waals surface area contributed by atoms with Crippen LogP contribution in [0.25, 0.3) is 21.8 Å². The second-order valence-electron chi connectivity index (χ2n) is 5.53. The second-order valence-corrected chi connectivity index (χ2v) is 7.39. The molecule has 0 fully saturated rings. The summed E-state index contributed by atoms with van der Waals surface area (Å²) in [6.07, 6.45) is 5.76. The summed E-state index contributed by atoms with van der Waals surface area (Å²) in [4.78, 5) is 18.2. The standard InChI is InChI=1S/C18H12N4O3S/c19-21-16-8-4-3-7-15(16)17(23)18(22-20)26(24,25)14-10-9-12-5-1-2-6-13(12)11-14/h1-11,15H. The number of nitrogens with zero attached hydrogens (tertiary/aromatic N) is 4. The van der Waals surface area contributed by atoms with Crippen molar-refractivity contribution in [3.05, 3.63) is 77.8 Å². The summed E-state index contributed by atoms with van der Waals surface area (Å²) in [5.74, 6) is -2.15. The number of hydrogen-bond acceptors (Lipinski definition) is 3. The minimum atomic E-state index is -4.37. The van der Waals surface area contributed by atoms with Crippen molar-refractivity contribution in [1.29, 1.82) is 0 Å². The van der Waals surface area contributed by atoms with Crippen molar-refractivity contribution in [3.63, 3.8) is 0 Å². The van der Waals surface area contributed by atoms with E-state index in [1.54, 1.807) is 18.2 Å². The van der Waals surface area contributed by atoms with Crippen molar-refractivity contribution < 1.29 is 22.8 Å². The summed E-state index contributed by atoms with van der Waals surface area (Å²) in [5.41, 5.74) is 18.2. The van der Waals surface area contributed by atoms with Gasteiger partial charge in [-0.15, -0.1) is 4.79 Å². The highest BCUT2D eigenvalue weighted by atomic mass is 32.2. The molecule has 0 amide bonds. The van der Waals surface area contributed by atoms with Crippen LogP contribution in [0, 0.1) is 5.92 Å². The third kappa shape index (κ3) is 2.96. The number of rotatable bonds is 3. The van der Waals surface area contributed by atoms with Crippen molar-refractivity contribution in [2.75, 3.05) is 0 Å². The highest BCUT2D eigenvalue weighted by Gasteiger charge is 2.44. The lowest BCUT2D eigenvalue weighted by Gasteiger charge is -2.06. The number of hydrogen-bond donors (Lipinski definition) is 0. The van der Waals surface area contributed by atoms with Crippen molar-refractivity contribution in [1.82, 2.24) is 0 Å². The molecule has 7 nitrogen and oxygen atoms in total. The van der Waals surface area contributed by atoms with E-state index in [9.17, 15) is 18.7 Å². The maximum atomic E-state index is 12.8. The number of carbonyl (C=O) groups excluding carboxylic acids is 1. The number of carbonyl (C=O) groups is 1. The number of fused-ring (bicyclic) bond motifs is 1. The monoisotopic (exact) mass is 364 g/mol. The summed E-state index contributed by atoms with van der Waals surface area (Å²) in [7, 11) is -4.37. The molecule has 1 aliphatic carbocycles. The van der Waals surface area contributed by atoms with Crippen molar-refractivity contribution >= 4 is 37.1 Å². The van der Waals surface area contributed by atoms with Gasteiger partial charge in [-0.25, -0.2) is 8.42 Å². The molecule has 0 saturated carbocycles. The average Bonchev–Trinajstić information content (AvgIpc) is 2.67.